The second kappa shape index (κ2) is 6.51. The summed E-state index contributed by atoms with van der Waals surface area (Å²) in [6.07, 6.45) is 1.18. The van der Waals surface area contributed by atoms with Crippen LogP contribution in [-0.4, -0.2) is 29.3 Å². The monoisotopic (exact) mass is 249 g/mol. The van der Waals surface area contributed by atoms with E-state index in [0.717, 1.165) is 0 Å². The number of carboxylic acids is 1. The lowest BCUT2D eigenvalue weighted by atomic mass is 10.1. The highest BCUT2D eigenvalue weighted by Crippen LogP contribution is 2.09. The van der Waals surface area contributed by atoms with Crippen LogP contribution < -0.4 is 11.1 Å². The molecule has 0 saturated heterocycles. The van der Waals surface area contributed by atoms with E-state index >= 15 is 0 Å². The number of benzene rings is 1. The molecular formula is C12H13N2O4. The number of aliphatic carboxylic acids is 1. The predicted molar refractivity (Wildman–Crippen MR) is 63.2 cm³/mol. The molecule has 1 amide bonds. The van der Waals surface area contributed by atoms with Crippen molar-refractivity contribution in [3.63, 3.8) is 0 Å². The molecule has 1 radical (unpaired) electrons. The van der Waals surface area contributed by atoms with E-state index < -0.39 is 30.4 Å². The minimum Gasteiger partial charge on any atom is -0.481 e. The fraction of sp³-hybridized carbons (Fsp3) is 0.250. The lowest BCUT2D eigenvalue weighted by Gasteiger charge is -2.15. The Hall–Kier alpha value is -2.21. The van der Waals surface area contributed by atoms with E-state index in [2.05, 4.69) is 5.32 Å². The van der Waals surface area contributed by atoms with Gasteiger partial charge in [0.1, 0.15) is 6.04 Å². The smallest absolute Gasteiger partial charge is 0.305 e. The van der Waals surface area contributed by atoms with E-state index in [-0.39, 0.29) is 0 Å². The summed E-state index contributed by atoms with van der Waals surface area (Å²) in [7, 11) is 0. The Bertz CT molecular complexity index is 433. The first-order valence-electron chi connectivity index (χ1n) is 5.25. The zero-order valence-electron chi connectivity index (χ0n) is 9.50. The van der Waals surface area contributed by atoms with Gasteiger partial charge < -0.3 is 16.2 Å². The zero-order chi connectivity index (χ0) is 13.5. The first-order valence-corrected chi connectivity index (χ1v) is 5.25. The maximum absolute atomic E-state index is 11.5. The quantitative estimate of drug-likeness (QED) is 0.644. The molecule has 0 aliphatic carbocycles. The molecule has 0 bridgehead atoms. The molecule has 95 valence electrons. The molecule has 0 aliphatic heterocycles. The summed E-state index contributed by atoms with van der Waals surface area (Å²) in [6, 6.07) is 6.35. The van der Waals surface area contributed by atoms with E-state index in [1.807, 2.05) is 0 Å². The van der Waals surface area contributed by atoms with Crippen molar-refractivity contribution in [3.05, 3.63) is 35.9 Å². The summed E-state index contributed by atoms with van der Waals surface area (Å²) >= 11 is 0. The van der Waals surface area contributed by atoms with Gasteiger partial charge >= 0.3 is 5.97 Å². The van der Waals surface area contributed by atoms with Crippen LogP contribution in [0.15, 0.2) is 30.3 Å². The average Bonchev–Trinajstić information content (AvgIpc) is 2.35. The van der Waals surface area contributed by atoms with Gasteiger partial charge in [-0.3, -0.25) is 14.4 Å². The van der Waals surface area contributed by atoms with Crippen LogP contribution >= 0.6 is 0 Å². The van der Waals surface area contributed by atoms with Gasteiger partial charge in [0.25, 0.3) is 0 Å². The second-order valence-corrected chi connectivity index (χ2v) is 3.67. The number of carboxylic acid groups (broad SMARTS) is 1. The third-order valence-electron chi connectivity index (χ3n) is 2.27. The number of nitrogens with one attached hydrogen (secondary N) is 1. The van der Waals surface area contributed by atoms with Crippen LogP contribution in [0.4, 0.5) is 0 Å². The van der Waals surface area contributed by atoms with E-state index in [4.69, 9.17) is 10.8 Å². The Kier molecular flexibility index (Phi) is 5.01. The highest BCUT2D eigenvalue weighted by atomic mass is 16.4. The third kappa shape index (κ3) is 3.99. The van der Waals surface area contributed by atoms with Gasteiger partial charge in [-0.25, -0.2) is 0 Å². The number of nitrogens with two attached hydrogens (primary N) is 1. The van der Waals surface area contributed by atoms with Crippen molar-refractivity contribution in [1.29, 1.82) is 0 Å². The van der Waals surface area contributed by atoms with Gasteiger partial charge in [-0.2, -0.15) is 0 Å². The molecule has 6 nitrogen and oxygen atoms in total. The Morgan fingerprint density at radius 2 is 1.94 bits per heavy atom. The number of amides is 1. The third-order valence-corrected chi connectivity index (χ3v) is 2.27. The fourth-order valence-corrected chi connectivity index (χ4v) is 1.36. The van der Waals surface area contributed by atoms with Crippen LogP contribution in [0.3, 0.4) is 0 Å². The van der Waals surface area contributed by atoms with Crippen molar-refractivity contribution in [2.45, 2.75) is 18.5 Å². The van der Waals surface area contributed by atoms with Gasteiger partial charge in [-0.05, 0) is 5.56 Å². The predicted octanol–water partition coefficient (Wildman–Crippen LogP) is -0.244. The Morgan fingerprint density at radius 1 is 1.33 bits per heavy atom. The van der Waals surface area contributed by atoms with Crippen molar-refractivity contribution in [3.8, 4) is 0 Å². The first kappa shape index (κ1) is 13.9. The molecular weight excluding hydrogens is 236 g/mol. The van der Waals surface area contributed by atoms with Crippen LogP contribution in [0.1, 0.15) is 18.0 Å². The van der Waals surface area contributed by atoms with Crippen molar-refractivity contribution in [2.75, 3.05) is 0 Å². The summed E-state index contributed by atoms with van der Waals surface area (Å²) < 4.78 is 0. The fourth-order valence-electron chi connectivity index (χ4n) is 1.36. The van der Waals surface area contributed by atoms with Gasteiger partial charge in [-0.1, -0.05) is 30.3 Å². The Balaban J connectivity index is 2.67. The molecule has 0 aromatic heterocycles. The van der Waals surface area contributed by atoms with Crippen molar-refractivity contribution < 1.29 is 19.5 Å². The van der Waals surface area contributed by atoms with E-state index in [1.54, 1.807) is 36.6 Å². The van der Waals surface area contributed by atoms with Gasteiger partial charge in [0.15, 0.2) is 0 Å². The summed E-state index contributed by atoms with van der Waals surface area (Å²) in [4.78, 5) is 32.7. The molecule has 18 heavy (non-hydrogen) atoms. The molecule has 0 heterocycles. The highest BCUT2D eigenvalue weighted by molar-refractivity contribution is 5.88. The van der Waals surface area contributed by atoms with Crippen LogP contribution in [0.2, 0.25) is 0 Å². The molecule has 2 atom stereocenters. The topological polar surface area (TPSA) is 109 Å². The molecule has 2 unspecified atom stereocenters. The molecule has 4 N–H and O–H groups in total. The number of carbonyl (C=O) groups excluding carboxylic acids is 2. The maximum Gasteiger partial charge on any atom is 0.305 e. The molecule has 6 heteroatoms. The Morgan fingerprint density at radius 3 is 2.44 bits per heavy atom. The number of hydrogen-bond acceptors (Lipinski definition) is 4. The van der Waals surface area contributed by atoms with Gasteiger partial charge in [0.2, 0.25) is 12.2 Å². The lowest BCUT2D eigenvalue weighted by Crippen LogP contribution is -2.43. The molecule has 0 spiro atoms. The Labute approximate surface area is 104 Å². The van der Waals surface area contributed by atoms with Gasteiger partial charge in [-0.15, -0.1) is 0 Å². The molecule has 0 aliphatic rings. The number of hydrogen-bond donors (Lipinski definition) is 3. The largest absolute Gasteiger partial charge is 0.481 e. The average molecular weight is 249 g/mol. The zero-order valence-corrected chi connectivity index (χ0v) is 9.50. The summed E-state index contributed by atoms with van der Waals surface area (Å²) in [5, 5.41) is 10.8. The maximum atomic E-state index is 11.5. The summed E-state index contributed by atoms with van der Waals surface area (Å²) in [5.41, 5.74) is 5.94. The van der Waals surface area contributed by atoms with Gasteiger partial charge in [0, 0.05) is 0 Å². The number of rotatable bonds is 6. The molecule has 1 aromatic carbocycles. The van der Waals surface area contributed by atoms with Crippen LogP contribution in [-0.2, 0) is 14.4 Å². The standard InChI is InChI=1S/C12H13N2O4/c13-9(6-11(16)17)12(18)14-10(7-15)8-4-2-1-3-5-8/h1-5,9-10H,6,13H2,(H,14,18)(H,16,17). The van der Waals surface area contributed by atoms with Crippen LogP contribution in [0.5, 0.6) is 0 Å². The SMILES string of the molecule is NC(CC(=O)O)C(=O)NC([C]=O)c1ccccc1. The minimum atomic E-state index is -1.19. The highest BCUT2D eigenvalue weighted by Gasteiger charge is 2.21. The normalized spacial score (nSPS) is 13.4. The van der Waals surface area contributed by atoms with E-state index in [1.165, 1.54) is 0 Å². The van der Waals surface area contributed by atoms with Gasteiger partial charge in [0.05, 0.1) is 12.5 Å². The first-order chi connectivity index (χ1) is 8.54. The molecule has 0 saturated carbocycles. The van der Waals surface area contributed by atoms with E-state index in [0.29, 0.717) is 5.56 Å². The summed E-state index contributed by atoms with van der Waals surface area (Å²) in [5.74, 6) is -1.88. The van der Waals surface area contributed by atoms with Crippen LogP contribution in [0.25, 0.3) is 0 Å². The second-order valence-electron chi connectivity index (χ2n) is 3.67. The molecule has 0 fully saturated rings. The van der Waals surface area contributed by atoms with E-state index in [9.17, 15) is 14.4 Å². The number of carbonyl (C=O) groups is 2. The lowest BCUT2D eigenvalue weighted by molar-refractivity contribution is -0.139. The molecule has 1 aromatic rings. The van der Waals surface area contributed by atoms with Crippen molar-refractivity contribution in [1.82, 2.24) is 5.32 Å². The van der Waals surface area contributed by atoms with Crippen molar-refractivity contribution >= 4 is 18.2 Å². The van der Waals surface area contributed by atoms with Crippen LogP contribution in [0, 0.1) is 0 Å². The van der Waals surface area contributed by atoms with Crippen molar-refractivity contribution in [2.24, 2.45) is 5.73 Å². The summed E-state index contributed by atoms with van der Waals surface area (Å²) in [6.45, 7) is 0. The minimum absolute atomic E-state index is 0.494. The molecule has 1 rings (SSSR count).